The Bertz CT molecular complexity index is 302. The number of aliphatic hydroxyl groups excluding tert-OH is 1. The van der Waals surface area contributed by atoms with Gasteiger partial charge in [-0.25, -0.2) is 4.79 Å². The Balaban J connectivity index is 2.45. The lowest BCUT2D eigenvalue weighted by Crippen LogP contribution is -2.36. The molecule has 1 rings (SSSR count). The summed E-state index contributed by atoms with van der Waals surface area (Å²) in [5.41, 5.74) is 1.07. The zero-order valence-electron chi connectivity index (χ0n) is 8.29. The molecule has 1 atom stereocenters. The van der Waals surface area contributed by atoms with E-state index in [2.05, 4.69) is 38.0 Å². The maximum atomic E-state index is 11.1. The summed E-state index contributed by atoms with van der Waals surface area (Å²) < 4.78 is 4.82. The topological polar surface area (TPSA) is 70.6 Å². The van der Waals surface area contributed by atoms with Gasteiger partial charge in [0.2, 0.25) is 0 Å². The largest absolute Gasteiger partial charge is 0.447 e. The Morgan fingerprint density at radius 2 is 2.53 bits per heavy atom. The van der Waals surface area contributed by atoms with Crippen LogP contribution in [0.3, 0.4) is 0 Å². The van der Waals surface area contributed by atoms with Crippen molar-refractivity contribution < 1.29 is 14.6 Å². The minimum atomic E-state index is -0.568. The zero-order chi connectivity index (χ0) is 11.3. The number of amides is 1. The summed E-state index contributed by atoms with van der Waals surface area (Å²) in [6, 6.07) is 0. The molecule has 84 valence electrons. The van der Waals surface area contributed by atoms with Crippen molar-refractivity contribution in [3.8, 4) is 0 Å². The van der Waals surface area contributed by atoms with Crippen LogP contribution >= 0.6 is 22.6 Å². The molecular weight excluding hydrogens is 311 g/mol. The number of dihydropyridines is 1. The van der Waals surface area contributed by atoms with Gasteiger partial charge in [0.15, 0.2) is 0 Å². The van der Waals surface area contributed by atoms with Gasteiger partial charge >= 0.3 is 6.09 Å². The number of alkyl carbamates (subject to hydrolysis) is 1. The number of carbonyl (C=O) groups excluding carboxylic acids is 1. The van der Waals surface area contributed by atoms with Crippen molar-refractivity contribution >= 4 is 28.7 Å². The molecule has 1 aliphatic heterocycles. The van der Waals surface area contributed by atoms with Crippen molar-refractivity contribution in [1.82, 2.24) is 10.6 Å². The molecule has 0 aromatic heterocycles. The first-order chi connectivity index (χ1) is 7.11. The summed E-state index contributed by atoms with van der Waals surface area (Å²) in [5, 5.41) is 14.1. The van der Waals surface area contributed by atoms with Crippen LogP contribution in [-0.4, -0.2) is 28.5 Å². The van der Waals surface area contributed by atoms with Gasteiger partial charge in [0.1, 0.15) is 12.4 Å². The number of nitrogens with one attached hydrogen (secondary N) is 2. The summed E-state index contributed by atoms with van der Waals surface area (Å²) >= 11 is 2.20. The van der Waals surface area contributed by atoms with Gasteiger partial charge in [-0.2, -0.15) is 0 Å². The van der Waals surface area contributed by atoms with E-state index in [4.69, 9.17) is 5.11 Å². The molecule has 3 N–H and O–H groups in total. The Kier molecular flexibility index (Phi) is 4.89. The molecule has 0 saturated carbocycles. The lowest BCUT2D eigenvalue weighted by Gasteiger charge is -2.19. The van der Waals surface area contributed by atoms with Crippen LogP contribution in [0.5, 0.6) is 0 Å². The highest BCUT2D eigenvalue weighted by atomic mass is 127. The SMILES string of the molecule is CC1=CC(I)NC(NC(=O)OCCO)=C1. The maximum Gasteiger partial charge on any atom is 0.412 e. The van der Waals surface area contributed by atoms with E-state index in [1.165, 1.54) is 0 Å². The summed E-state index contributed by atoms with van der Waals surface area (Å²) in [7, 11) is 0. The molecule has 6 heteroatoms. The molecule has 0 spiro atoms. The molecule has 1 heterocycles. The summed E-state index contributed by atoms with van der Waals surface area (Å²) in [6.07, 6.45) is 3.28. The lowest BCUT2D eigenvalue weighted by molar-refractivity contribution is 0.121. The molecule has 1 unspecified atom stereocenters. The predicted molar refractivity (Wildman–Crippen MR) is 64.4 cm³/mol. The molecule has 0 aromatic rings. The molecule has 0 aliphatic carbocycles. The van der Waals surface area contributed by atoms with Gasteiger partial charge in [-0.1, -0.05) is 22.6 Å². The van der Waals surface area contributed by atoms with Crippen molar-refractivity contribution in [1.29, 1.82) is 0 Å². The molecular formula is C9H13IN2O3. The van der Waals surface area contributed by atoms with E-state index in [0.717, 1.165) is 5.57 Å². The zero-order valence-corrected chi connectivity index (χ0v) is 10.4. The second-order valence-electron chi connectivity index (χ2n) is 3.00. The fourth-order valence-electron chi connectivity index (χ4n) is 1.10. The van der Waals surface area contributed by atoms with Gasteiger partial charge in [-0.3, -0.25) is 5.32 Å². The number of hydrogen-bond acceptors (Lipinski definition) is 4. The number of carbonyl (C=O) groups is 1. The Morgan fingerprint density at radius 1 is 1.80 bits per heavy atom. The minimum absolute atomic E-state index is 0.00159. The van der Waals surface area contributed by atoms with Gasteiger partial charge in [0.25, 0.3) is 0 Å². The van der Waals surface area contributed by atoms with Gasteiger partial charge in [-0.15, -0.1) is 0 Å². The van der Waals surface area contributed by atoms with Crippen LogP contribution in [0.2, 0.25) is 0 Å². The predicted octanol–water partition coefficient (Wildman–Crippen LogP) is 0.857. The van der Waals surface area contributed by atoms with Crippen molar-refractivity contribution in [3.63, 3.8) is 0 Å². The third-order valence-electron chi connectivity index (χ3n) is 1.64. The highest BCUT2D eigenvalue weighted by molar-refractivity contribution is 14.1. The standard InChI is InChI=1S/C9H13IN2O3/c1-6-4-7(10)11-8(5-6)12-9(14)15-3-2-13/h4-5,7,11,13H,2-3H2,1H3,(H,12,14). The number of ether oxygens (including phenoxy) is 1. The number of aliphatic hydroxyl groups is 1. The second-order valence-corrected chi connectivity index (χ2v) is 4.34. The fraction of sp³-hybridized carbons (Fsp3) is 0.444. The average Bonchev–Trinajstić information content (AvgIpc) is 2.13. The van der Waals surface area contributed by atoms with Gasteiger partial charge < -0.3 is 15.2 Å². The van der Waals surface area contributed by atoms with Crippen molar-refractivity contribution in [3.05, 3.63) is 23.5 Å². The number of rotatable bonds is 3. The Hall–Kier alpha value is -0.760. The van der Waals surface area contributed by atoms with E-state index in [1.54, 1.807) is 0 Å². The summed E-state index contributed by atoms with van der Waals surface area (Å²) in [5.74, 6) is 0.609. The summed E-state index contributed by atoms with van der Waals surface area (Å²) in [6.45, 7) is 1.78. The first-order valence-corrected chi connectivity index (χ1v) is 5.72. The van der Waals surface area contributed by atoms with Crippen LogP contribution < -0.4 is 10.6 Å². The highest BCUT2D eigenvalue weighted by Gasteiger charge is 2.11. The van der Waals surface area contributed by atoms with Crippen LogP contribution in [0.25, 0.3) is 0 Å². The average molecular weight is 324 g/mol. The molecule has 1 aliphatic rings. The first kappa shape index (κ1) is 12.3. The highest BCUT2D eigenvalue weighted by Crippen LogP contribution is 2.12. The van der Waals surface area contributed by atoms with E-state index in [0.29, 0.717) is 5.82 Å². The summed E-state index contributed by atoms with van der Waals surface area (Å²) in [4.78, 5) is 11.1. The second kappa shape index (κ2) is 5.96. The normalized spacial score (nSPS) is 19.8. The maximum absolute atomic E-state index is 11.1. The molecule has 5 nitrogen and oxygen atoms in total. The van der Waals surface area contributed by atoms with Crippen LogP contribution in [0.4, 0.5) is 4.79 Å². The van der Waals surface area contributed by atoms with E-state index in [9.17, 15) is 4.79 Å². The van der Waals surface area contributed by atoms with Crippen molar-refractivity contribution in [2.45, 2.75) is 11.0 Å². The molecule has 0 aromatic carbocycles. The Labute approximate surface area is 102 Å². The third kappa shape index (κ3) is 4.52. The van der Waals surface area contributed by atoms with E-state index in [-0.39, 0.29) is 17.3 Å². The molecule has 15 heavy (non-hydrogen) atoms. The molecule has 0 fully saturated rings. The van der Waals surface area contributed by atoms with Crippen LogP contribution in [0, 0.1) is 0 Å². The fourth-order valence-corrected chi connectivity index (χ4v) is 2.00. The Morgan fingerprint density at radius 3 is 3.13 bits per heavy atom. The van der Waals surface area contributed by atoms with Crippen molar-refractivity contribution in [2.75, 3.05) is 13.2 Å². The smallest absolute Gasteiger partial charge is 0.412 e. The van der Waals surface area contributed by atoms with Gasteiger partial charge in [-0.05, 0) is 24.6 Å². The molecule has 0 saturated heterocycles. The molecule has 0 radical (unpaired) electrons. The molecule has 0 bridgehead atoms. The van der Waals surface area contributed by atoms with E-state index < -0.39 is 6.09 Å². The molecule has 1 amide bonds. The monoisotopic (exact) mass is 324 g/mol. The number of halogens is 1. The van der Waals surface area contributed by atoms with Gasteiger partial charge in [0, 0.05) is 0 Å². The lowest BCUT2D eigenvalue weighted by atomic mass is 10.2. The van der Waals surface area contributed by atoms with Gasteiger partial charge in [0.05, 0.1) is 10.7 Å². The minimum Gasteiger partial charge on any atom is -0.447 e. The quantitative estimate of drug-likeness (QED) is 0.409. The third-order valence-corrected chi connectivity index (χ3v) is 2.31. The van der Waals surface area contributed by atoms with E-state index in [1.807, 2.05) is 19.1 Å². The number of alkyl halides is 1. The van der Waals surface area contributed by atoms with Crippen LogP contribution in [-0.2, 0) is 4.74 Å². The number of allylic oxidation sites excluding steroid dienone is 2. The first-order valence-electron chi connectivity index (χ1n) is 4.47. The van der Waals surface area contributed by atoms with Crippen LogP contribution in [0.1, 0.15) is 6.92 Å². The van der Waals surface area contributed by atoms with E-state index >= 15 is 0 Å². The van der Waals surface area contributed by atoms with Crippen molar-refractivity contribution in [2.24, 2.45) is 0 Å². The number of hydrogen-bond donors (Lipinski definition) is 3. The van der Waals surface area contributed by atoms with Crippen LogP contribution in [0.15, 0.2) is 23.5 Å².